The summed E-state index contributed by atoms with van der Waals surface area (Å²) in [7, 11) is -1.69. The highest BCUT2D eigenvalue weighted by Gasteiger charge is 2.28. The quantitative estimate of drug-likeness (QED) is 0.575. The lowest BCUT2D eigenvalue weighted by atomic mass is 10.1. The number of sulfonamides is 1. The molecule has 2 aromatic rings. The number of anilines is 2. The predicted octanol–water partition coefficient (Wildman–Crippen LogP) is 2.89. The van der Waals surface area contributed by atoms with Crippen molar-refractivity contribution in [2.75, 3.05) is 29.0 Å². The van der Waals surface area contributed by atoms with Gasteiger partial charge in [-0.05, 0) is 30.2 Å². The summed E-state index contributed by atoms with van der Waals surface area (Å²) in [5.74, 6) is 0.179. The minimum Gasteiger partial charge on any atom is -0.381 e. The van der Waals surface area contributed by atoms with Gasteiger partial charge in [-0.15, -0.1) is 0 Å². The van der Waals surface area contributed by atoms with E-state index in [1.807, 2.05) is 18.2 Å². The van der Waals surface area contributed by atoms with Crippen molar-refractivity contribution >= 4 is 27.1 Å². The van der Waals surface area contributed by atoms with Crippen molar-refractivity contribution in [3.63, 3.8) is 0 Å². The van der Waals surface area contributed by atoms with Gasteiger partial charge in [-0.1, -0.05) is 12.1 Å². The van der Waals surface area contributed by atoms with E-state index in [1.165, 1.54) is 23.5 Å². The first kappa shape index (κ1) is 19.1. The zero-order chi connectivity index (χ0) is 19.4. The lowest BCUT2D eigenvalue weighted by molar-refractivity contribution is -0.384. The van der Waals surface area contributed by atoms with Gasteiger partial charge < -0.3 is 10.1 Å². The zero-order valence-corrected chi connectivity index (χ0v) is 15.7. The van der Waals surface area contributed by atoms with Gasteiger partial charge in [-0.3, -0.25) is 14.4 Å². The van der Waals surface area contributed by atoms with Gasteiger partial charge in [-0.25, -0.2) is 8.42 Å². The first-order valence-electron chi connectivity index (χ1n) is 8.50. The molecule has 1 N–H and O–H groups in total. The van der Waals surface area contributed by atoms with Crippen LogP contribution >= 0.6 is 0 Å². The molecule has 0 amide bonds. The molecule has 0 atom stereocenters. The van der Waals surface area contributed by atoms with Crippen LogP contribution in [0.15, 0.2) is 42.5 Å². The molecule has 27 heavy (non-hydrogen) atoms. The molecule has 0 bridgehead atoms. The Morgan fingerprint density at radius 2 is 2.07 bits per heavy atom. The van der Waals surface area contributed by atoms with Crippen LogP contribution in [0.25, 0.3) is 0 Å². The number of nitrogens with one attached hydrogen (secondary N) is 1. The van der Waals surface area contributed by atoms with Crippen LogP contribution < -0.4 is 9.62 Å². The number of ether oxygens (including phenoxy) is 1. The Morgan fingerprint density at radius 3 is 2.74 bits per heavy atom. The van der Waals surface area contributed by atoms with Gasteiger partial charge in [0.25, 0.3) is 5.69 Å². The van der Waals surface area contributed by atoms with Crippen LogP contribution in [0.4, 0.5) is 17.1 Å². The van der Waals surface area contributed by atoms with E-state index in [1.54, 1.807) is 12.1 Å². The number of hydrogen-bond acceptors (Lipinski definition) is 6. The molecule has 1 heterocycles. The molecule has 0 aliphatic carbocycles. The lowest BCUT2D eigenvalue weighted by Crippen LogP contribution is -2.25. The maximum absolute atomic E-state index is 12.1. The lowest BCUT2D eigenvalue weighted by Gasteiger charge is -2.18. The predicted molar refractivity (Wildman–Crippen MR) is 103 cm³/mol. The van der Waals surface area contributed by atoms with Gasteiger partial charge in [0.15, 0.2) is 0 Å². The average Bonchev–Trinajstić information content (AvgIpc) is 3.00. The molecule has 2 aromatic carbocycles. The third-order valence-electron chi connectivity index (χ3n) is 4.38. The first-order chi connectivity index (χ1) is 12.9. The Kier molecular flexibility index (Phi) is 5.62. The summed E-state index contributed by atoms with van der Waals surface area (Å²) in [6, 6.07) is 11.9. The van der Waals surface area contributed by atoms with Crippen LogP contribution in [0.5, 0.6) is 0 Å². The molecule has 0 aromatic heterocycles. The van der Waals surface area contributed by atoms with Crippen molar-refractivity contribution in [2.24, 2.45) is 0 Å². The molecule has 1 aliphatic heterocycles. The number of nitro groups is 1. The number of rotatable bonds is 7. The summed E-state index contributed by atoms with van der Waals surface area (Å²) in [6.45, 7) is 1.20. The third-order valence-corrected chi connectivity index (χ3v) is 6.25. The van der Waals surface area contributed by atoms with Crippen LogP contribution in [-0.2, 0) is 27.9 Å². The maximum Gasteiger partial charge on any atom is 0.269 e. The molecule has 1 saturated heterocycles. The van der Waals surface area contributed by atoms with E-state index in [2.05, 4.69) is 5.32 Å². The van der Waals surface area contributed by atoms with Crippen molar-refractivity contribution in [1.82, 2.24) is 0 Å². The third kappa shape index (κ3) is 4.37. The molecule has 8 nitrogen and oxygen atoms in total. The summed E-state index contributed by atoms with van der Waals surface area (Å²) in [5.41, 5.74) is 3.00. The average molecular weight is 391 g/mol. The Bertz CT molecular complexity index is 946. The van der Waals surface area contributed by atoms with E-state index >= 15 is 0 Å². The van der Waals surface area contributed by atoms with Crippen molar-refractivity contribution in [3.05, 3.63) is 63.7 Å². The van der Waals surface area contributed by atoms with Crippen molar-refractivity contribution in [2.45, 2.75) is 19.6 Å². The highest BCUT2D eigenvalue weighted by molar-refractivity contribution is 7.93. The maximum atomic E-state index is 12.1. The van der Waals surface area contributed by atoms with Crippen molar-refractivity contribution < 1.29 is 18.1 Å². The molecule has 0 spiro atoms. The van der Waals surface area contributed by atoms with E-state index in [9.17, 15) is 18.5 Å². The summed E-state index contributed by atoms with van der Waals surface area (Å²) >= 11 is 0. The first-order valence-corrected chi connectivity index (χ1v) is 10.1. The molecule has 1 fully saturated rings. The fourth-order valence-corrected chi connectivity index (χ4v) is 4.65. The number of methoxy groups -OCH3 is 1. The minimum atomic E-state index is -3.22. The summed E-state index contributed by atoms with van der Waals surface area (Å²) < 4.78 is 30.8. The second kappa shape index (κ2) is 7.93. The smallest absolute Gasteiger partial charge is 0.269 e. The normalized spacial score (nSPS) is 15.7. The number of hydrogen-bond donors (Lipinski definition) is 1. The Balaban J connectivity index is 1.77. The van der Waals surface area contributed by atoms with E-state index in [-0.39, 0.29) is 18.0 Å². The number of nitro benzene ring substituents is 1. The monoisotopic (exact) mass is 391 g/mol. The highest BCUT2D eigenvalue weighted by Crippen LogP contribution is 2.26. The Morgan fingerprint density at radius 1 is 1.26 bits per heavy atom. The molecule has 3 rings (SSSR count). The summed E-state index contributed by atoms with van der Waals surface area (Å²) in [4.78, 5) is 10.5. The fourth-order valence-electron chi connectivity index (χ4n) is 3.09. The molecular formula is C18H21N3O5S. The number of non-ortho nitro benzene ring substituents is 1. The summed E-state index contributed by atoms with van der Waals surface area (Å²) in [5, 5.41) is 14.2. The Labute approximate surface area is 158 Å². The van der Waals surface area contributed by atoms with Gasteiger partial charge in [0, 0.05) is 43.6 Å². The fraction of sp³-hybridized carbons (Fsp3) is 0.333. The van der Waals surface area contributed by atoms with Crippen LogP contribution in [-0.4, -0.2) is 32.7 Å². The highest BCUT2D eigenvalue weighted by atomic mass is 32.2. The zero-order valence-electron chi connectivity index (χ0n) is 14.9. The Hall–Kier alpha value is -2.65. The second-order valence-corrected chi connectivity index (χ2v) is 8.31. The van der Waals surface area contributed by atoms with Crippen LogP contribution in [0, 0.1) is 10.1 Å². The molecule has 0 radical (unpaired) electrons. The number of benzene rings is 2. The molecule has 1 aliphatic rings. The van der Waals surface area contributed by atoms with Gasteiger partial charge in [0.1, 0.15) is 0 Å². The van der Waals surface area contributed by atoms with Crippen molar-refractivity contribution in [1.29, 1.82) is 0 Å². The van der Waals surface area contributed by atoms with Gasteiger partial charge >= 0.3 is 0 Å². The molecule has 0 unspecified atom stereocenters. The topological polar surface area (TPSA) is 102 Å². The van der Waals surface area contributed by atoms with E-state index in [4.69, 9.17) is 4.74 Å². The van der Waals surface area contributed by atoms with Crippen molar-refractivity contribution in [3.8, 4) is 0 Å². The molecular weight excluding hydrogens is 370 g/mol. The SMILES string of the molecule is COCc1cc([N+](=O)[O-])ccc1NCc1cccc(N2CCCS2(=O)=O)c1. The van der Waals surface area contributed by atoms with E-state index in [0.29, 0.717) is 30.8 Å². The van der Waals surface area contributed by atoms with Gasteiger partial charge in [0.2, 0.25) is 10.0 Å². The molecule has 144 valence electrons. The van der Waals surface area contributed by atoms with E-state index < -0.39 is 14.9 Å². The van der Waals surface area contributed by atoms with E-state index in [0.717, 1.165) is 11.3 Å². The molecule has 9 heteroatoms. The second-order valence-electron chi connectivity index (χ2n) is 6.30. The molecule has 0 saturated carbocycles. The van der Waals surface area contributed by atoms with Gasteiger partial charge in [0.05, 0.1) is 23.0 Å². The van der Waals surface area contributed by atoms with Crippen LogP contribution in [0.1, 0.15) is 17.5 Å². The minimum absolute atomic E-state index is 0.00818. The van der Waals surface area contributed by atoms with Gasteiger partial charge in [-0.2, -0.15) is 0 Å². The largest absolute Gasteiger partial charge is 0.381 e. The summed E-state index contributed by atoms with van der Waals surface area (Å²) in [6.07, 6.45) is 0.633. The standard InChI is InChI=1S/C18H21N3O5S/c1-26-13-15-11-17(21(22)23)6-7-18(15)19-12-14-4-2-5-16(10-14)20-8-3-9-27(20,24)25/h2,4-7,10-11,19H,3,8-9,12-13H2,1H3. The van der Waals surface area contributed by atoms with Crippen LogP contribution in [0.2, 0.25) is 0 Å². The number of nitrogens with zero attached hydrogens (tertiary/aromatic N) is 2. The van der Waals surface area contributed by atoms with Crippen LogP contribution in [0.3, 0.4) is 0 Å².